The number of nitrogens with zero attached hydrogens (tertiary/aromatic N) is 2. The van der Waals surface area contributed by atoms with E-state index in [1.165, 1.54) is 5.56 Å². The standard InChI is InChI=1S/C26H36N4O4S/c1-29-16-18-30(19-17-29)35(32,33)28-22-12-14-26(15-13-22,21-8-4-3-5-9-21)20-27-25(31)23-10-6-7-11-24(23)34-2/h3-11,22,28H,12-20H2,1-2H3,(H,27,31). The summed E-state index contributed by atoms with van der Waals surface area (Å²) in [4.78, 5) is 15.1. The Kier molecular flexibility index (Phi) is 8.11. The predicted molar refractivity (Wildman–Crippen MR) is 137 cm³/mol. The molecule has 4 rings (SSSR count). The van der Waals surface area contributed by atoms with Crippen LogP contribution in [0.1, 0.15) is 41.6 Å². The molecule has 2 aromatic rings. The second-order valence-electron chi connectivity index (χ2n) is 9.63. The highest BCUT2D eigenvalue weighted by Crippen LogP contribution is 2.39. The fourth-order valence-corrected chi connectivity index (χ4v) is 6.59. The topological polar surface area (TPSA) is 91.0 Å². The molecule has 0 bridgehead atoms. The molecule has 2 N–H and O–H groups in total. The molecule has 0 radical (unpaired) electrons. The number of carbonyl (C=O) groups is 1. The molecule has 1 aliphatic heterocycles. The molecule has 9 heteroatoms. The number of para-hydroxylation sites is 1. The summed E-state index contributed by atoms with van der Waals surface area (Å²) in [5.41, 5.74) is 1.42. The number of rotatable bonds is 8. The second-order valence-corrected chi connectivity index (χ2v) is 11.3. The summed E-state index contributed by atoms with van der Waals surface area (Å²) in [6.45, 7) is 3.00. The van der Waals surface area contributed by atoms with Gasteiger partial charge in [0.2, 0.25) is 0 Å². The smallest absolute Gasteiger partial charge is 0.279 e. The average Bonchev–Trinajstić information content (AvgIpc) is 2.89. The first kappa shape index (κ1) is 25.6. The van der Waals surface area contributed by atoms with E-state index in [1.54, 1.807) is 23.5 Å². The number of likely N-dealkylation sites (N-methyl/N-ethyl adjacent to an activating group) is 1. The lowest BCUT2D eigenvalue weighted by Gasteiger charge is -2.41. The molecule has 35 heavy (non-hydrogen) atoms. The number of hydrogen-bond acceptors (Lipinski definition) is 5. The number of amides is 1. The molecule has 0 aromatic heterocycles. The van der Waals surface area contributed by atoms with E-state index >= 15 is 0 Å². The van der Waals surface area contributed by atoms with Crippen molar-refractivity contribution in [1.82, 2.24) is 19.2 Å². The molecule has 1 saturated carbocycles. The zero-order chi connectivity index (χ0) is 24.9. The maximum absolute atomic E-state index is 13.0. The van der Waals surface area contributed by atoms with Crippen LogP contribution in [0.5, 0.6) is 5.75 Å². The van der Waals surface area contributed by atoms with Crippen molar-refractivity contribution in [2.45, 2.75) is 37.1 Å². The highest BCUT2D eigenvalue weighted by atomic mass is 32.2. The monoisotopic (exact) mass is 500 g/mol. The van der Waals surface area contributed by atoms with Crippen LogP contribution in [-0.2, 0) is 15.6 Å². The van der Waals surface area contributed by atoms with Crippen LogP contribution < -0.4 is 14.8 Å². The molecule has 1 saturated heterocycles. The lowest BCUT2D eigenvalue weighted by molar-refractivity contribution is 0.0932. The van der Waals surface area contributed by atoms with E-state index in [-0.39, 0.29) is 17.4 Å². The maximum atomic E-state index is 13.0. The van der Waals surface area contributed by atoms with E-state index in [1.807, 2.05) is 37.4 Å². The second kappa shape index (κ2) is 11.1. The van der Waals surface area contributed by atoms with Gasteiger partial charge in [-0.2, -0.15) is 17.4 Å². The van der Waals surface area contributed by atoms with Crippen molar-refractivity contribution in [3.63, 3.8) is 0 Å². The molecule has 2 aliphatic rings. The zero-order valence-corrected chi connectivity index (χ0v) is 21.4. The van der Waals surface area contributed by atoms with Gasteiger partial charge in [0.05, 0.1) is 12.7 Å². The van der Waals surface area contributed by atoms with Crippen LogP contribution in [0.15, 0.2) is 54.6 Å². The summed E-state index contributed by atoms with van der Waals surface area (Å²) in [5.74, 6) is 0.372. The SMILES string of the molecule is COc1ccccc1C(=O)NCC1(c2ccccc2)CCC(NS(=O)(=O)N2CCN(C)CC2)CC1. The quantitative estimate of drug-likeness (QED) is 0.581. The van der Waals surface area contributed by atoms with Gasteiger partial charge in [0.1, 0.15) is 5.75 Å². The summed E-state index contributed by atoms with van der Waals surface area (Å²) >= 11 is 0. The first-order chi connectivity index (χ1) is 16.8. The Bertz CT molecular complexity index is 1090. The predicted octanol–water partition coefficient (Wildman–Crippen LogP) is 2.39. The van der Waals surface area contributed by atoms with Gasteiger partial charge in [0.15, 0.2) is 0 Å². The summed E-state index contributed by atoms with van der Waals surface area (Å²) in [5, 5.41) is 3.13. The van der Waals surface area contributed by atoms with Crippen LogP contribution in [0.2, 0.25) is 0 Å². The van der Waals surface area contributed by atoms with Gasteiger partial charge in [0, 0.05) is 44.2 Å². The number of piperazine rings is 1. The Morgan fingerprint density at radius 2 is 1.63 bits per heavy atom. The van der Waals surface area contributed by atoms with Crippen molar-refractivity contribution in [1.29, 1.82) is 0 Å². The van der Waals surface area contributed by atoms with Crippen molar-refractivity contribution in [3.05, 3.63) is 65.7 Å². The molecule has 0 atom stereocenters. The van der Waals surface area contributed by atoms with Gasteiger partial charge < -0.3 is 15.0 Å². The maximum Gasteiger partial charge on any atom is 0.279 e. The Hall–Kier alpha value is -2.46. The van der Waals surface area contributed by atoms with Gasteiger partial charge in [-0.1, -0.05) is 42.5 Å². The van der Waals surface area contributed by atoms with Crippen molar-refractivity contribution >= 4 is 16.1 Å². The summed E-state index contributed by atoms with van der Waals surface area (Å²) < 4.78 is 35.8. The fourth-order valence-electron chi connectivity index (χ4n) is 5.14. The molecule has 1 aliphatic carbocycles. The van der Waals surface area contributed by atoms with E-state index in [4.69, 9.17) is 4.74 Å². The molecule has 0 unspecified atom stereocenters. The van der Waals surface area contributed by atoms with E-state index in [0.717, 1.165) is 25.9 Å². The van der Waals surface area contributed by atoms with Crippen LogP contribution in [0.4, 0.5) is 0 Å². The Morgan fingerprint density at radius 3 is 2.29 bits per heavy atom. The van der Waals surface area contributed by atoms with Gasteiger partial charge in [-0.15, -0.1) is 0 Å². The molecular weight excluding hydrogens is 464 g/mol. The van der Waals surface area contributed by atoms with Gasteiger partial charge >= 0.3 is 0 Å². The highest BCUT2D eigenvalue weighted by molar-refractivity contribution is 7.87. The normalized spacial score (nSPS) is 24.1. The summed E-state index contributed by atoms with van der Waals surface area (Å²) in [7, 11) is 0.0612. The lowest BCUT2D eigenvalue weighted by Crippen LogP contribution is -2.54. The van der Waals surface area contributed by atoms with E-state index in [2.05, 4.69) is 27.1 Å². The van der Waals surface area contributed by atoms with Gasteiger partial charge in [-0.3, -0.25) is 4.79 Å². The van der Waals surface area contributed by atoms with Gasteiger partial charge in [0.25, 0.3) is 16.1 Å². The first-order valence-corrected chi connectivity index (χ1v) is 13.7. The number of carbonyl (C=O) groups excluding carboxylic acids is 1. The largest absolute Gasteiger partial charge is 0.496 e. The third kappa shape index (κ3) is 6.03. The summed E-state index contributed by atoms with van der Waals surface area (Å²) in [6, 6.07) is 17.3. The van der Waals surface area contributed by atoms with Crippen LogP contribution in [0.25, 0.3) is 0 Å². The molecule has 2 aromatic carbocycles. The van der Waals surface area contributed by atoms with E-state index in [0.29, 0.717) is 43.8 Å². The first-order valence-electron chi connectivity index (χ1n) is 12.3. The molecule has 1 heterocycles. The van der Waals surface area contributed by atoms with Crippen LogP contribution in [-0.4, -0.2) is 76.5 Å². The number of ether oxygens (including phenoxy) is 1. The minimum absolute atomic E-state index is 0.110. The molecule has 0 spiro atoms. The Morgan fingerprint density at radius 1 is 1.00 bits per heavy atom. The molecule has 8 nitrogen and oxygen atoms in total. The van der Waals surface area contributed by atoms with Crippen molar-refractivity contribution in [3.8, 4) is 5.75 Å². The van der Waals surface area contributed by atoms with E-state index < -0.39 is 10.2 Å². The minimum Gasteiger partial charge on any atom is -0.496 e. The Balaban J connectivity index is 1.44. The van der Waals surface area contributed by atoms with Crippen LogP contribution >= 0.6 is 0 Å². The molecule has 2 fully saturated rings. The fraction of sp³-hybridized carbons (Fsp3) is 0.500. The van der Waals surface area contributed by atoms with Crippen LogP contribution in [0, 0.1) is 0 Å². The number of methoxy groups -OCH3 is 1. The minimum atomic E-state index is -3.50. The zero-order valence-electron chi connectivity index (χ0n) is 20.6. The summed E-state index contributed by atoms with van der Waals surface area (Å²) in [6.07, 6.45) is 2.98. The molecule has 190 valence electrons. The number of hydrogen-bond donors (Lipinski definition) is 2. The molecule has 1 amide bonds. The van der Waals surface area contributed by atoms with Gasteiger partial charge in [-0.05, 0) is 50.4 Å². The third-order valence-corrected chi connectivity index (χ3v) is 9.06. The lowest BCUT2D eigenvalue weighted by atomic mass is 9.68. The van der Waals surface area contributed by atoms with Crippen molar-refractivity contribution in [2.75, 3.05) is 46.9 Å². The Labute approximate surface area is 208 Å². The van der Waals surface area contributed by atoms with Crippen LogP contribution in [0.3, 0.4) is 0 Å². The highest BCUT2D eigenvalue weighted by Gasteiger charge is 2.39. The van der Waals surface area contributed by atoms with E-state index in [9.17, 15) is 13.2 Å². The van der Waals surface area contributed by atoms with Crippen molar-refractivity contribution < 1.29 is 17.9 Å². The number of nitrogens with one attached hydrogen (secondary N) is 2. The average molecular weight is 501 g/mol. The molecular formula is C26H36N4O4S. The third-order valence-electron chi connectivity index (χ3n) is 7.39. The van der Waals surface area contributed by atoms with Gasteiger partial charge in [-0.25, -0.2) is 0 Å². The number of benzene rings is 2. The van der Waals surface area contributed by atoms with Crippen molar-refractivity contribution in [2.24, 2.45) is 0 Å².